The smallest absolute Gasteiger partial charge is 0.214 e. The lowest BCUT2D eigenvalue weighted by Gasteiger charge is -2.51. The highest BCUT2D eigenvalue weighted by Gasteiger charge is 2.50. The lowest BCUT2D eigenvalue weighted by molar-refractivity contribution is -0.329. The van der Waals surface area contributed by atoms with Crippen molar-refractivity contribution in [2.45, 2.75) is 44.3 Å². The van der Waals surface area contributed by atoms with E-state index >= 15 is 0 Å². The van der Waals surface area contributed by atoms with E-state index in [9.17, 15) is 0 Å². The predicted octanol–water partition coefficient (Wildman–Crippen LogP) is 6.92. The van der Waals surface area contributed by atoms with E-state index in [1.807, 2.05) is 12.1 Å². The summed E-state index contributed by atoms with van der Waals surface area (Å²) in [7, 11) is 0. The van der Waals surface area contributed by atoms with Gasteiger partial charge >= 0.3 is 0 Å². The quantitative estimate of drug-likeness (QED) is 0.316. The number of para-hydroxylation sites is 1. The molecule has 4 aromatic rings. The van der Waals surface area contributed by atoms with Crippen molar-refractivity contribution in [1.29, 1.82) is 0 Å². The van der Waals surface area contributed by atoms with E-state index in [1.54, 1.807) is 0 Å². The maximum atomic E-state index is 6.63. The van der Waals surface area contributed by atoms with Gasteiger partial charge in [0.25, 0.3) is 0 Å². The van der Waals surface area contributed by atoms with Gasteiger partial charge in [0.05, 0.1) is 24.8 Å². The summed E-state index contributed by atoms with van der Waals surface area (Å²) in [4.78, 5) is 2.34. The fraction of sp³-hybridized carbons (Fsp3) is 0.267. The number of hydrogen-bond donors (Lipinski definition) is 0. The summed E-state index contributed by atoms with van der Waals surface area (Å²) in [5, 5.41) is 2.27. The lowest BCUT2D eigenvalue weighted by Crippen LogP contribution is -2.54. The molecule has 3 atom stereocenters. The lowest BCUT2D eigenvalue weighted by atomic mass is 9.83. The molecular weight excluding hydrogens is 422 g/mol. The third-order valence-electron chi connectivity index (χ3n) is 7.38. The standard InChI is InChI=1S/C30H27NO3/c1-19-16-20(2)34-30(33-19)18-31-15-14-22(21-8-4-3-5-9-21)17-26(31)28-25(30)13-12-24-23-10-6-7-11-27(23)32-29(24)28/h3-15,17,19-20,26H,16,18H2,1-2H3. The molecule has 7 rings (SSSR count). The zero-order valence-corrected chi connectivity index (χ0v) is 19.4. The monoisotopic (exact) mass is 449 g/mol. The van der Waals surface area contributed by atoms with Crippen LogP contribution in [0.5, 0.6) is 0 Å². The molecular formula is C30H27NO3. The zero-order chi connectivity index (χ0) is 22.9. The van der Waals surface area contributed by atoms with Crippen molar-refractivity contribution >= 4 is 27.5 Å². The summed E-state index contributed by atoms with van der Waals surface area (Å²) < 4.78 is 19.8. The molecule has 1 aromatic heterocycles. The van der Waals surface area contributed by atoms with Crippen molar-refractivity contribution in [2.75, 3.05) is 6.54 Å². The van der Waals surface area contributed by atoms with Crippen LogP contribution in [-0.4, -0.2) is 23.7 Å². The van der Waals surface area contributed by atoms with Gasteiger partial charge in [-0.15, -0.1) is 0 Å². The molecule has 34 heavy (non-hydrogen) atoms. The molecule has 4 heterocycles. The first kappa shape index (κ1) is 20.1. The van der Waals surface area contributed by atoms with Gasteiger partial charge in [0.15, 0.2) is 0 Å². The molecule has 3 aliphatic rings. The molecule has 0 radical (unpaired) electrons. The van der Waals surface area contributed by atoms with Crippen molar-refractivity contribution < 1.29 is 13.9 Å². The SMILES string of the molecule is CC1CC(C)OC2(CN3C=CC(c4ccccc4)=CC3c3c2ccc2c3oc3ccccc32)O1. The summed E-state index contributed by atoms with van der Waals surface area (Å²) in [6.07, 6.45) is 7.85. The second-order valence-electron chi connectivity index (χ2n) is 9.77. The van der Waals surface area contributed by atoms with Gasteiger partial charge in [0, 0.05) is 28.1 Å². The molecule has 1 saturated heterocycles. The molecule has 3 aromatic carbocycles. The first-order valence-electron chi connectivity index (χ1n) is 12.1. The van der Waals surface area contributed by atoms with Crippen LogP contribution in [0.15, 0.2) is 89.5 Å². The first-order valence-corrected chi connectivity index (χ1v) is 12.1. The summed E-state index contributed by atoms with van der Waals surface area (Å²) in [5.74, 6) is -0.821. The van der Waals surface area contributed by atoms with Crippen LogP contribution in [0.3, 0.4) is 0 Å². The van der Waals surface area contributed by atoms with Gasteiger partial charge < -0.3 is 18.8 Å². The Morgan fingerprint density at radius 1 is 0.853 bits per heavy atom. The number of benzene rings is 3. The molecule has 3 aliphatic heterocycles. The van der Waals surface area contributed by atoms with Crippen LogP contribution < -0.4 is 0 Å². The predicted molar refractivity (Wildman–Crippen MR) is 134 cm³/mol. The molecule has 1 fully saturated rings. The van der Waals surface area contributed by atoms with E-state index < -0.39 is 5.79 Å². The summed E-state index contributed by atoms with van der Waals surface area (Å²) in [6, 6.07) is 23.2. The van der Waals surface area contributed by atoms with E-state index in [0.29, 0.717) is 6.54 Å². The maximum Gasteiger partial charge on any atom is 0.214 e. The van der Waals surface area contributed by atoms with Crippen molar-refractivity contribution in [3.63, 3.8) is 0 Å². The molecule has 0 N–H and O–H groups in total. The van der Waals surface area contributed by atoms with Crippen LogP contribution in [0.1, 0.15) is 43.0 Å². The van der Waals surface area contributed by atoms with Crippen LogP contribution in [0.4, 0.5) is 0 Å². The van der Waals surface area contributed by atoms with Gasteiger partial charge in [-0.1, -0.05) is 54.6 Å². The normalized spacial score (nSPS) is 28.2. The fourth-order valence-electron chi connectivity index (χ4n) is 6.02. The molecule has 0 aliphatic carbocycles. The average Bonchev–Trinajstić information content (AvgIpc) is 3.22. The Hall–Kier alpha value is -3.34. The molecule has 4 nitrogen and oxygen atoms in total. The van der Waals surface area contributed by atoms with Gasteiger partial charge in [-0.3, -0.25) is 0 Å². The zero-order valence-electron chi connectivity index (χ0n) is 19.4. The molecule has 170 valence electrons. The minimum atomic E-state index is -0.821. The molecule has 4 heteroatoms. The van der Waals surface area contributed by atoms with Gasteiger partial charge in [-0.25, -0.2) is 0 Å². The average molecular weight is 450 g/mol. The van der Waals surface area contributed by atoms with Gasteiger partial charge in [-0.05, 0) is 55.7 Å². The molecule has 0 bridgehead atoms. The third kappa shape index (κ3) is 2.92. The summed E-state index contributed by atoms with van der Waals surface area (Å²) in [6.45, 7) is 4.93. The number of furan rings is 1. The van der Waals surface area contributed by atoms with Crippen molar-refractivity contribution in [2.24, 2.45) is 0 Å². The second kappa shape index (κ2) is 7.33. The van der Waals surface area contributed by atoms with Crippen molar-refractivity contribution in [3.05, 3.63) is 102 Å². The molecule has 3 unspecified atom stereocenters. The van der Waals surface area contributed by atoms with Crippen LogP contribution in [-0.2, 0) is 15.3 Å². The maximum absolute atomic E-state index is 6.63. The van der Waals surface area contributed by atoms with E-state index in [2.05, 4.69) is 91.7 Å². The van der Waals surface area contributed by atoms with Gasteiger partial charge in [-0.2, -0.15) is 0 Å². The fourth-order valence-corrected chi connectivity index (χ4v) is 6.02. The van der Waals surface area contributed by atoms with Crippen LogP contribution in [0.25, 0.3) is 27.5 Å². The van der Waals surface area contributed by atoms with E-state index in [-0.39, 0.29) is 18.2 Å². The van der Waals surface area contributed by atoms with E-state index in [0.717, 1.165) is 39.5 Å². The van der Waals surface area contributed by atoms with E-state index in [4.69, 9.17) is 13.9 Å². The number of rotatable bonds is 1. The number of nitrogens with zero attached hydrogens (tertiary/aromatic N) is 1. The Kier molecular flexibility index (Phi) is 4.33. The topological polar surface area (TPSA) is 34.8 Å². The second-order valence-corrected chi connectivity index (χ2v) is 9.77. The van der Waals surface area contributed by atoms with Crippen LogP contribution in [0, 0.1) is 0 Å². The highest BCUT2D eigenvalue weighted by atomic mass is 16.7. The van der Waals surface area contributed by atoms with Crippen molar-refractivity contribution in [1.82, 2.24) is 4.90 Å². The summed E-state index contributed by atoms with van der Waals surface area (Å²) in [5.41, 5.74) is 6.47. The minimum Gasteiger partial charge on any atom is -0.456 e. The Morgan fingerprint density at radius 3 is 2.44 bits per heavy atom. The first-order chi connectivity index (χ1) is 16.6. The Bertz CT molecular complexity index is 1450. The highest BCUT2D eigenvalue weighted by molar-refractivity contribution is 6.06. The number of fused-ring (bicyclic) bond motifs is 8. The minimum absolute atomic E-state index is 0.0323. The summed E-state index contributed by atoms with van der Waals surface area (Å²) >= 11 is 0. The highest BCUT2D eigenvalue weighted by Crippen LogP contribution is 2.51. The largest absolute Gasteiger partial charge is 0.456 e. The number of allylic oxidation sites excluding steroid dienone is 2. The van der Waals surface area contributed by atoms with Crippen LogP contribution >= 0.6 is 0 Å². The van der Waals surface area contributed by atoms with E-state index in [1.165, 1.54) is 11.1 Å². The third-order valence-corrected chi connectivity index (χ3v) is 7.38. The molecule has 0 saturated carbocycles. The Balaban J connectivity index is 1.50. The Morgan fingerprint density at radius 2 is 1.62 bits per heavy atom. The van der Waals surface area contributed by atoms with Gasteiger partial charge in [0.2, 0.25) is 5.79 Å². The van der Waals surface area contributed by atoms with Crippen molar-refractivity contribution in [3.8, 4) is 0 Å². The van der Waals surface area contributed by atoms with Crippen LogP contribution in [0.2, 0.25) is 0 Å². The molecule has 0 amide bonds. The number of hydrogen-bond acceptors (Lipinski definition) is 4. The molecule has 1 spiro atoms. The Labute approximate surface area is 199 Å². The number of ether oxygens (including phenoxy) is 2. The van der Waals surface area contributed by atoms with Gasteiger partial charge in [0.1, 0.15) is 11.2 Å².